The van der Waals surface area contributed by atoms with Gasteiger partial charge in [-0.25, -0.2) is 8.78 Å². The van der Waals surface area contributed by atoms with Gasteiger partial charge >= 0.3 is 0 Å². The molecule has 1 aliphatic rings. The number of halogens is 2. The number of hydrogen-bond acceptors (Lipinski definition) is 3. The van der Waals surface area contributed by atoms with Crippen LogP contribution in [0.4, 0.5) is 8.78 Å². The van der Waals surface area contributed by atoms with E-state index in [4.69, 9.17) is 0 Å². The second-order valence-corrected chi connectivity index (χ2v) is 5.66. The molecule has 2 aromatic rings. The molecule has 1 saturated carbocycles. The Morgan fingerprint density at radius 1 is 1.27 bits per heavy atom. The Labute approximate surface area is 128 Å². The fraction of sp³-hybridized carbons (Fsp3) is 0.500. The summed E-state index contributed by atoms with van der Waals surface area (Å²) >= 11 is 0. The van der Waals surface area contributed by atoms with Gasteiger partial charge in [-0.15, -0.1) is 0 Å². The summed E-state index contributed by atoms with van der Waals surface area (Å²) < 4.78 is 26.6. The molecule has 118 valence electrons. The van der Waals surface area contributed by atoms with Crippen LogP contribution < -0.4 is 5.32 Å². The molecule has 0 amide bonds. The molecule has 3 rings (SSSR count). The van der Waals surface area contributed by atoms with Crippen LogP contribution in [0.3, 0.4) is 0 Å². The highest BCUT2D eigenvalue weighted by molar-refractivity contribution is 5.58. The van der Waals surface area contributed by atoms with E-state index >= 15 is 0 Å². The van der Waals surface area contributed by atoms with Crippen molar-refractivity contribution < 1.29 is 8.78 Å². The van der Waals surface area contributed by atoms with E-state index in [9.17, 15) is 8.78 Å². The lowest BCUT2D eigenvalue weighted by Crippen LogP contribution is -2.20. The Morgan fingerprint density at radius 2 is 2.09 bits per heavy atom. The summed E-state index contributed by atoms with van der Waals surface area (Å²) in [6.45, 7) is 0.0687. The summed E-state index contributed by atoms with van der Waals surface area (Å²) in [6, 6.07) is 6.09. The quantitative estimate of drug-likeness (QED) is 0.889. The van der Waals surface area contributed by atoms with Crippen molar-refractivity contribution in [2.75, 3.05) is 6.54 Å². The van der Waals surface area contributed by atoms with Crippen LogP contribution >= 0.6 is 0 Å². The summed E-state index contributed by atoms with van der Waals surface area (Å²) in [5.41, 5.74) is 2.49. The maximum atomic E-state index is 12.3. The number of alkyl halides is 2. The van der Waals surface area contributed by atoms with Crippen LogP contribution in [0.2, 0.25) is 0 Å². The van der Waals surface area contributed by atoms with Crippen molar-refractivity contribution in [2.24, 2.45) is 0 Å². The Bertz CT molecular complexity index is 591. The highest BCUT2D eigenvalue weighted by Gasteiger charge is 2.21. The first-order valence-electron chi connectivity index (χ1n) is 7.72. The molecule has 0 aromatic carbocycles. The molecule has 4 nitrogen and oxygen atoms in total. The van der Waals surface area contributed by atoms with Gasteiger partial charge in [-0.1, -0.05) is 18.9 Å². The molecule has 2 heterocycles. The van der Waals surface area contributed by atoms with Gasteiger partial charge in [0.2, 0.25) is 0 Å². The number of nitrogens with zero attached hydrogens (tertiary/aromatic N) is 3. The van der Waals surface area contributed by atoms with E-state index in [1.165, 1.54) is 12.8 Å². The van der Waals surface area contributed by atoms with Crippen molar-refractivity contribution in [3.8, 4) is 11.4 Å². The maximum Gasteiger partial charge on any atom is 0.250 e. The molecule has 1 aliphatic carbocycles. The lowest BCUT2D eigenvalue weighted by atomic mass is 10.2. The molecule has 6 heteroatoms. The average molecular weight is 306 g/mol. The van der Waals surface area contributed by atoms with E-state index in [1.807, 2.05) is 29.1 Å². The molecule has 22 heavy (non-hydrogen) atoms. The van der Waals surface area contributed by atoms with Crippen molar-refractivity contribution in [3.05, 3.63) is 36.2 Å². The van der Waals surface area contributed by atoms with E-state index < -0.39 is 6.43 Å². The van der Waals surface area contributed by atoms with Crippen LogP contribution in [0.5, 0.6) is 0 Å². The lowest BCUT2D eigenvalue weighted by molar-refractivity contribution is 0.145. The van der Waals surface area contributed by atoms with Crippen LogP contribution in [-0.4, -0.2) is 27.7 Å². The topological polar surface area (TPSA) is 42.7 Å². The van der Waals surface area contributed by atoms with Crippen molar-refractivity contribution >= 4 is 0 Å². The molecule has 0 saturated heterocycles. The van der Waals surface area contributed by atoms with Crippen LogP contribution in [0.15, 0.2) is 30.6 Å². The third-order valence-corrected chi connectivity index (χ3v) is 4.03. The maximum absolute atomic E-state index is 12.3. The number of hydrogen-bond donors (Lipinski definition) is 1. The van der Waals surface area contributed by atoms with Gasteiger partial charge in [0.05, 0.1) is 18.3 Å². The minimum atomic E-state index is -2.34. The monoisotopic (exact) mass is 306 g/mol. The van der Waals surface area contributed by atoms with Gasteiger partial charge in [-0.05, 0) is 25.0 Å². The normalized spacial score (nSPS) is 15.8. The van der Waals surface area contributed by atoms with E-state index in [0.717, 1.165) is 29.8 Å². The highest BCUT2D eigenvalue weighted by Crippen LogP contribution is 2.31. The average Bonchev–Trinajstić information content (AvgIpc) is 3.17. The van der Waals surface area contributed by atoms with E-state index in [1.54, 1.807) is 6.20 Å². The molecule has 2 aromatic heterocycles. The second kappa shape index (κ2) is 6.96. The highest BCUT2D eigenvalue weighted by atomic mass is 19.3. The van der Waals surface area contributed by atoms with Crippen molar-refractivity contribution in [1.82, 2.24) is 20.1 Å². The zero-order valence-corrected chi connectivity index (χ0v) is 12.4. The van der Waals surface area contributed by atoms with E-state index in [0.29, 0.717) is 12.6 Å². The molecule has 1 fully saturated rings. The predicted octanol–water partition coefficient (Wildman–Crippen LogP) is 3.41. The summed E-state index contributed by atoms with van der Waals surface area (Å²) in [5, 5.41) is 7.47. The first kappa shape index (κ1) is 15.1. The number of nitrogens with one attached hydrogen (secondary N) is 1. The summed E-state index contributed by atoms with van der Waals surface area (Å²) in [7, 11) is 0. The van der Waals surface area contributed by atoms with Gasteiger partial charge in [0, 0.05) is 24.5 Å². The third-order valence-electron chi connectivity index (χ3n) is 4.03. The number of rotatable bonds is 6. The molecular formula is C16H20F2N4. The SMILES string of the molecule is FC(F)CNCc1cn(C2CCCC2)nc1-c1ccccn1. The van der Waals surface area contributed by atoms with E-state index in [2.05, 4.69) is 15.4 Å². The van der Waals surface area contributed by atoms with Gasteiger partial charge in [0.25, 0.3) is 6.43 Å². The van der Waals surface area contributed by atoms with Crippen molar-refractivity contribution in [2.45, 2.75) is 44.7 Å². The minimum absolute atomic E-state index is 0.309. The Hall–Kier alpha value is -1.82. The summed E-state index contributed by atoms with van der Waals surface area (Å²) in [6.07, 6.45) is 6.08. The molecular weight excluding hydrogens is 286 g/mol. The standard InChI is InChI=1S/C16H20F2N4/c17-15(18)10-19-9-12-11-22(13-5-1-2-6-13)21-16(12)14-7-3-4-8-20-14/h3-4,7-8,11,13,15,19H,1-2,5-6,9-10H2. The third kappa shape index (κ3) is 3.50. The first-order chi connectivity index (χ1) is 10.7. The zero-order chi connectivity index (χ0) is 15.4. The first-order valence-corrected chi connectivity index (χ1v) is 7.72. The Kier molecular flexibility index (Phi) is 4.77. The fourth-order valence-corrected chi connectivity index (χ4v) is 2.95. The van der Waals surface area contributed by atoms with Gasteiger partial charge in [-0.3, -0.25) is 9.67 Å². The zero-order valence-electron chi connectivity index (χ0n) is 12.4. The Balaban J connectivity index is 1.84. The van der Waals surface area contributed by atoms with Gasteiger partial charge in [0.1, 0.15) is 5.69 Å². The van der Waals surface area contributed by atoms with E-state index in [-0.39, 0.29) is 6.54 Å². The molecule has 0 aliphatic heterocycles. The van der Waals surface area contributed by atoms with Crippen LogP contribution in [0.25, 0.3) is 11.4 Å². The fourth-order valence-electron chi connectivity index (χ4n) is 2.95. The van der Waals surface area contributed by atoms with Crippen LogP contribution in [0, 0.1) is 0 Å². The smallest absolute Gasteiger partial charge is 0.250 e. The molecule has 0 atom stereocenters. The summed E-state index contributed by atoms with van der Waals surface area (Å²) in [5.74, 6) is 0. The molecule has 0 unspecified atom stereocenters. The van der Waals surface area contributed by atoms with Crippen molar-refractivity contribution in [1.29, 1.82) is 0 Å². The molecule has 0 spiro atoms. The van der Waals surface area contributed by atoms with Gasteiger partial charge in [-0.2, -0.15) is 5.10 Å². The largest absolute Gasteiger partial charge is 0.307 e. The molecule has 0 bridgehead atoms. The Morgan fingerprint density at radius 3 is 2.77 bits per heavy atom. The number of pyridine rings is 1. The molecule has 0 radical (unpaired) electrons. The van der Waals surface area contributed by atoms with Gasteiger partial charge < -0.3 is 5.32 Å². The van der Waals surface area contributed by atoms with Crippen LogP contribution in [0.1, 0.15) is 37.3 Å². The second-order valence-electron chi connectivity index (χ2n) is 5.66. The van der Waals surface area contributed by atoms with Crippen LogP contribution in [-0.2, 0) is 6.54 Å². The lowest BCUT2D eigenvalue weighted by Gasteiger charge is -2.08. The van der Waals surface area contributed by atoms with Gasteiger partial charge in [0.15, 0.2) is 0 Å². The summed E-state index contributed by atoms with van der Waals surface area (Å²) in [4.78, 5) is 4.34. The predicted molar refractivity (Wildman–Crippen MR) is 80.7 cm³/mol. The minimum Gasteiger partial charge on any atom is -0.307 e. The number of aromatic nitrogens is 3. The molecule has 1 N–H and O–H groups in total. The van der Waals surface area contributed by atoms with Crippen molar-refractivity contribution in [3.63, 3.8) is 0 Å².